The minimum atomic E-state index is -1.000. The zero-order valence-electron chi connectivity index (χ0n) is 25.9. The topological polar surface area (TPSA) is 130 Å². The van der Waals surface area contributed by atoms with E-state index in [4.69, 9.17) is 13.9 Å². The van der Waals surface area contributed by atoms with Crippen LogP contribution < -0.4 is 16.3 Å². The Labute approximate surface area is 254 Å². The van der Waals surface area contributed by atoms with Crippen LogP contribution in [0.4, 0.5) is 4.79 Å². The minimum Gasteiger partial charge on any atom is -0.462 e. The van der Waals surface area contributed by atoms with Crippen molar-refractivity contribution in [3.8, 4) is 0 Å². The molecule has 238 valence electrons. The second-order valence-corrected chi connectivity index (χ2v) is 14.4. The lowest BCUT2D eigenvalue weighted by atomic mass is 9.43. The Balaban J connectivity index is 1.13. The molecular weight excluding hydrogens is 550 g/mol. The van der Waals surface area contributed by atoms with E-state index in [1.165, 1.54) is 19.3 Å². The van der Waals surface area contributed by atoms with Crippen LogP contribution in [0.25, 0.3) is 0 Å². The summed E-state index contributed by atoms with van der Waals surface area (Å²) in [6.45, 7) is 10.8. The Morgan fingerprint density at radius 3 is 2.60 bits per heavy atom. The molecule has 9 unspecified atom stereocenters. The van der Waals surface area contributed by atoms with E-state index in [9.17, 15) is 19.5 Å². The zero-order valence-corrected chi connectivity index (χ0v) is 25.9. The fraction of sp³-hybridized carbons (Fsp3) is 0.788. The highest BCUT2D eigenvalue weighted by Crippen LogP contribution is 2.70. The highest BCUT2D eigenvalue weighted by molar-refractivity contribution is 5.74. The first-order valence-electron chi connectivity index (χ1n) is 16.4. The Morgan fingerprint density at radius 2 is 1.88 bits per heavy atom. The lowest BCUT2D eigenvalue weighted by Crippen LogP contribution is -2.62. The molecule has 0 bridgehead atoms. The highest BCUT2D eigenvalue weighted by Gasteiger charge is 2.70. The molecule has 1 aromatic heterocycles. The molecule has 43 heavy (non-hydrogen) atoms. The van der Waals surface area contributed by atoms with E-state index in [-0.39, 0.29) is 35.3 Å². The van der Waals surface area contributed by atoms with Gasteiger partial charge in [-0.1, -0.05) is 13.8 Å². The summed E-state index contributed by atoms with van der Waals surface area (Å²) >= 11 is 0. The number of hydrogen-bond donors (Lipinski definition) is 3. The van der Waals surface area contributed by atoms with Crippen LogP contribution in [-0.2, 0) is 14.3 Å². The number of morpholine rings is 1. The fourth-order valence-corrected chi connectivity index (χ4v) is 10.2. The number of hydrogen-bond acceptors (Lipinski definition) is 8. The predicted molar refractivity (Wildman–Crippen MR) is 159 cm³/mol. The van der Waals surface area contributed by atoms with Crippen molar-refractivity contribution in [2.45, 2.75) is 95.8 Å². The SMILES string of the molecule is CC(=O)OC1CC2(O)C3CCC4CC(NC(=O)NCCN5CCOCC5)CCC4(C)C3CCC2(C)C1c1ccc(=O)oc1. The molecule has 2 amide bonds. The van der Waals surface area contributed by atoms with E-state index in [0.717, 1.165) is 83.4 Å². The van der Waals surface area contributed by atoms with Crippen molar-refractivity contribution in [1.82, 2.24) is 15.5 Å². The van der Waals surface area contributed by atoms with Crippen molar-refractivity contribution >= 4 is 12.0 Å². The van der Waals surface area contributed by atoms with Crippen LogP contribution in [0.3, 0.4) is 0 Å². The van der Waals surface area contributed by atoms with Gasteiger partial charge in [0.25, 0.3) is 0 Å². The molecule has 0 aromatic carbocycles. The summed E-state index contributed by atoms with van der Waals surface area (Å²) in [4.78, 5) is 39.0. The van der Waals surface area contributed by atoms with Crippen LogP contribution in [0.15, 0.2) is 27.6 Å². The standard InChI is InChI=1S/C33H49N3O7/c1-21(37)43-27-19-33(40)26-6-5-23-18-24(35-30(39)34-12-13-36-14-16-41-17-15-36)8-10-31(23,2)25(26)9-11-32(33,3)29(27)22-4-7-28(38)42-20-22/h4,7,20,23-27,29,40H,5-6,8-19H2,1-3H3,(H2,34,35,39). The first kappa shape index (κ1) is 30.6. The Morgan fingerprint density at radius 1 is 1.09 bits per heavy atom. The summed E-state index contributed by atoms with van der Waals surface area (Å²) in [5.41, 5.74) is -1.05. The number of amides is 2. The molecule has 1 saturated heterocycles. The first-order valence-corrected chi connectivity index (χ1v) is 16.4. The van der Waals surface area contributed by atoms with Gasteiger partial charge in [0.2, 0.25) is 0 Å². The number of carbonyl (C=O) groups is 2. The lowest BCUT2D eigenvalue weighted by Gasteiger charge is -2.63. The van der Waals surface area contributed by atoms with Gasteiger partial charge >= 0.3 is 17.6 Å². The Bertz CT molecular complexity index is 1230. The number of nitrogens with zero attached hydrogens (tertiary/aromatic N) is 1. The van der Waals surface area contributed by atoms with Gasteiger partial charge in [0, 0.05) is 63.0 Å². The molecule has 9 atom stereocenters. The van der Waals surface area contributed by atoms with E-state index >= 15 is 0 Å². The van der Waals surface area contributed by atoms with Gasteiger partial charge in [-0.05, 0) is 79.7 Å². The average molecular weight is 600 g/mol. The predicted octanol–water partition coefficient (Wildman–Crippen LogP) is 3.42. The van der Waals surface area contributed by atoms with Crippen molar-refractivity contribution in [3.05, 3.63) is 34.4 Å². The quantitative estimate of drug-likeness (QED) is 0.424. The monoisotopic (exact) mass is 599 g/mol. The van der Waals surface area contributed by atoms with Crippen molar-refractivity contribution < 1.29 is 28.6 Å². The van der Waals surface area contributed by atoms with Crippen molar-refractivity contribution in [1.29, 1.82) is 0 Å². The van der Waals surface area contributed by atoms with E-state index in [2.05, 4.69) is 29.4 Å². The third-order valence-electron chi connectivity index (χ3n) is 12.4. The van der Waals surface area contributed by atoms with Crippen molar-refractivity contribution in [2.75, 3.05) is 39.4 Å². The third kappa shape index (κ3) is 5.52. The number of urea groups is 1. The van der Waals surface area contributed by atoms with Gasteiger partial charge in [-0.25, -0.2) is 9.59 Å². The van der Waals surface area contributed by atoms with Crippen LogP contribution in [-0.4, -0.2) is 79.1 Å². The van der Waals surface area contributed by atoms with E-state index in [1.807, 2.05) is 0 Å². The number of aliphatic hydroxyl groups is 1. The van der Waals surface area contributed by atoms with Gasteiger partial charge in [-0.2, -0.15) is 0 Å². The van der Waals surface area contributed by atoms with Crippen LogP contribution >= 0.6 is 0 Å². The number of ether oxygens (including phenoxy) is 2. The van der Waals surface area contributed by atoms with Gasteiger partial charge in [-0.3, -0.25) is 9.69 Å². The molecule has 6 rings (SSSR count). The average Bonchev–Trinajstić information content (AvgIpc) is 3.20. The maximum atomic E-state index is 12.7. The molecule has 4 aliphatic carbocycles. The van der Waals surface area contributed by atoms with Crippen molar-refractivity contribution in [2.24, 2.45) is 28.6 Å². The zero-order chi connectivity index (χ0) is 30.4. The van der Waals surface area contributed by atoms with Crippen molar-refractivity contribution in [3.63, 3.8) is 0 Å². The largest absolute Gasteiger partial charge is 0.462 e. The molecule has 5 aliphatic rings. The summed E-state index contributed by atoms with van der Waals surface area (Å²) in [5.74, 6) is 0.330. The molecule has 10 nitrogen and oxygen atoms in total. The summed E-state index contributed by atoms with van der Waals surface area (Å²) < 4.78 is 16.5. The number of fused-ring (bicyclic) bond motifs is 5. The van der Waals surface area contributed by atoms with Crippen LogP contribution in [0.2, 0.25) is 0 Å². The number of carbonyl (C=O) groups excluding carboxylic acids is 2. The van der Waals surface area contributed by atoms with E-state index in [1.54, 1.807) is 6.07 Å². The fourth-order valence-electron chi connectivity index (χ4n) is 10.2. The molecule has 1 aliphatic heterocycles. The highest BCUT2D eigenvalue weighted by atomic mass is 16.5. The lowest BCUT2D eigenvalue weighted by molar-refractivity contribution is -0.202. The molecule has 0 spiro atoms. The Kier molecular flexibility index (Phi) is 8.41. The van der Waals surface area contributed by atoms with E-state index in [0.29, 0.717) is 24.8 Å². The first-order chi connectivity index (χ1) is 20.5. The molecule has 5 fully saturated rings. The molecule has 4 saturated carbocycles. The minimum absolute atomic E-state index is 0.0800. The van der Waals surface area contributed by atoms with Crippen LogP contribution in [0.5, 0.6) is 0 Å². The number of esters is 1. The second-order valence-electron chi connectivity index (χ2n) is 14.4. The van der Waals surface area contributed by atoms with Crippen LogP contribution in [0.1, 0.15) is 83.6 Å². The van der Waals surface area contributed by atoms with Gasteiger partial charge in [-0.15, -0.1) is 0 Å². The molecule has 2 heterocycles. The molecule has 3 N–H and O–H groups in total. The van der Waals surface area contributed by atoms with Gasteiger partial charge < -0.3 is 29.6 Å². The van der Waals surface area contributed by atoms with Gasteiger partial charge in [0.05, 0.1) is 25.1 Å². The maximum Gasteiger partial charge on any atom is 0.335 e. The summed E-state index contributed by atoms with van der Waals surface area (Å²) in [6.07, 6.45) is 8.05. The summed E-state index contributed by atoms with van der Waals surface area (Å²) in [6, 6.07) is 3.26. The molecule has 1 aromatic rings. The Hall–Kier alpha value is -2.43. The second kappa shape index (κ2) is 11.8. The normalized spacial score (nSPS) is 40.9. The molecule has 10 heteroatoms. The van der Waals surface area contributed by atoms with Gasteiger partial charge in [0.15, 0.2) is 0 Å². The summed E-state index contributed by atoms with van der Waals surface area (Å²) in [7, 11) is 0. The van der Waals surface area contributed by atoms with Gasteiger partial charge in [0.1, 0.15) is 6.10 Å². The van der Waals surface area contributed by atoms with E-state index < -0.39 is 22.7 Å². The van der Waals surface area contributed by atoms with Crippen LogP contribution in [0, 0.1) is 28.6 Å². The third-order valence-corrected chi connectivity index (χ3v) is 12.4. The molecule has 0 radical (unpaired) electrons. The maximum absolute atomic E-state index is 12.7. The smallest absolute Gasteiger partial charge is 0.335 e. The summed E-state index contributed by atoms with van der Waals surface area (Å²) in [5, 5.41) is 19.0. The molecular formula is C33H49N3O7. The number of rotatable bonds is 6. The number of nitrogens with one attached hydrogen (secondary N) is 2.